The molecule has 4 N–H and O–H groups in total. The van der Waals surface area contributed by atoms with E-state index in [4.69, 9.17) is 15.2 Å². The number of nitrogens with two attached hydrogens (primary N) is 1. The zero-order chi connectivity index (χ0) is 20.8. The number of hydrogen-bond donors (Lipinski definition) is 3. The minimum absolute atomic E-state index is 0.176. The van der Waals surface area contributed by atoms with Gasteiger partial charge in [-0.05, 0) is 47.9 Å². The van der Waals surface area contributed by atoms with Gasteiger partial charge in [0, 0.05) is 5.56 Å². The molecule has 8 nitrogen and oxygen atoms in total. The molecule has 1 amide bonds. The Kier molecular flexibility index (Phi) is 6.13. The summed E-state index contributed by atoms with van der Waals surface area (Å²) in [5, 5.41) is 0. The van der Waals surface area contributed by atoms with Crippen LogP contribution in [0.2, 0.25) is 0 Å². The van der Waals surface area contributed by atoms with Crippen LogP contribution in [-0.4, -0.2) is 23.0 Å². The normalized spacial score (nSPS) is 10.5. The standard InChI is InChI=1S/C21H23N5O3/c1-13(2)14-4-10-17(11-5-14)29-21-18(22)19(23-12-24-21)25-26-20(27)15-6-8-16(28-3)9-7-15/h4-13H,22H2,1-3H3,(H,26,27)(H,23,24,25). The summed E-state index contributed by atoms with van der Waals surface area (Å²) in [5.41, 5.74) is 13.2. The third-order valence-electron chi connectivity index (χ3n) is 4.26. The fourth-order valence-electron chi connectivity index (χ4n) is 2.52. The average Bonchev–Trinajstić information content (AvgIpc) is 2.74. The van der Waals surface area contributed by atoms with Crippen molar-refractivity contribution in [3.05, 3.63) is 66.0 Å². The number of carbonyl (C=O) groups excluding carboxylic acids is 1. The summed E-state index contributed by atoms with van der Waals surface area (Å²) in [6, 6.07) is 14.4. The van der Waals surface area contributed by atoms with E-state index in [0.29, 0.717) is 23.0 Å². The van der Waals surface area contributed by atoms with Gasteiger partial charge in [0.15, 0.2) is 5.82 Å². The molecular weight excluding hydrogens is 370 g/mol. The number of benzene rings is 2. The van der Waals surface area contributed by atoms with Crippen LogP contribution in [0.15, 0.2) is 54.9 Å². The van der Waals surface area contributed by atoms with Crippen molar-refractivity contribution in [2.75, 3.05) is 18.3 Å². The lowest BCUT2D eigenvalue weighted by molar-refractivity contribution is 0.0962. The molecule has 0 atom stereocenters. The predicted octanol–water partition coefficient (Wildman–Crippen LogP) is 3.74. The van der Waals surface area contributed by atoms with Gasteiger partial charge in [-0.1, -0.05) is 26.0 Å². The Labute approximate surface area is 169 Å². The lowest BCUT2D eigenvalue weighted by atomic mass is 10.0. The highest BCUT2D eigenvalue weighted by molar-refractivity contribution is 5.95. The van der Waals surface area contributed by atoms with Crippen LogP contribution in [0.5, 0.6) is 17.4 Å². The zero-order valence-electron chi connectivity index (χ0n) is 16.5. The minimum Gasteiger partial charge on any atom is -0.497 e. The maximum Gasteiger partial charge on any atom is 0.269 e. The number of rotatable bonds is 7. The van der Waals surface area contributed by atoms with Gasteiger partial charge < -0.3 is 15.2 Å². The average molecular weight is 393 g/mol. The Morgan fingerprint density at radius 2 is 1.66 bits per heavy atom. The molecule has 0 spiro atoms. The molecule has 8 heteroatoms. The molecule has 29 heavy (non-hydrogen) atoms. The van der Waals surface area contributed by atoms with Gasteiger partial charge in [-0.25, -0.2) is 4.98 Å². The Morgan fingerprint density at radius 3 is 2.28 bits per heavy atom. The molecule has 1 heterocycles. The van der Waals surface area contributed by atoms with Gasteiger partial charge in [0.2, 0.25) is 5.88 Å². The summed E-state index contributed by atoms with van der Waals surface area (Å²) >= 11 is 0. The first-order chi connectivity index (χ1) is 14.0. The van der Waals surface area contributed by atoms with Gasteiger partial charge in [0.05, 0.1) is 7.11 Å². The number of nitrogens with one attached hydrogen (secondary N) is 2. The zero-order valence-corrected chi connectivity index (χ0v) is 16.5. The molecule has 3 rings (SSSR count). The van der Waals surface area contributed by atoms with Crippen LogP contribution in [0.1, 0.15) is 35.7 Å². The Hall–Kier alpha value is -3.81. The Balaban J connectivity index is 1.67. The fourth-order valence-corrected chi connectivity index (χ4v) is 2.52. The molecule has 2 aromatic carbocycles. The number of hydrazine groups is 1. The van der Waals surface area contributed by atoms with E-state index < -0.39 is 0 Å². The van der Waals surface area contributed by atoms with Gasteiger partial charge in [-0.2, -0.15) is 4.98 Å². The van der Waals surface area contributed by atoms with Crippen LogP contribution in [-0.2, 0) is 0 Å². The second-order valence-corrected chi connectivity index (χ2v) is 6.57. The number of nitrogen functional groups attached to an aromatic ring is 1. The van der Waals surface area contributed by atoms with Crippen molar-refractivity contribution in [2.24, 2.45) is 0 Å². The van der Waals surface area contributed by atoms with Crippen LogP contribution >= 0.6 is 0 Å². The van der Waals surface area contributed by atoms with E-state index in [-0.39, 0.29) is 23.3 Å². The predicted molar refractivity (Wildman–Crippen MR) is 111 cm³/mol. The van der Waals surface area contributed by atoms with E-state index in [1.54, 1.807) is 31.4 Å². The number of anilines is 2. The highest BCUT2D eigenvalue weighted by Gasteiger charge is 2.12. The van der Waals surface area contributed by atoms with Gasteiger partial charge in [0.25, 0.3) is 5.91 Å². The van der Waals surface area contributed by atoms with Crippen LogP contribution < -0.4 is 26.1 Å². The van der Waals surface area contributed by atoms with Gasteiger partial charge in [-0.15, -0.1) is 0 Å². The van der Waals surface area contributed by atoms with Crippen molar-refractivity contribution in [2.45, 2.75) is 19.8 Å². The summed E-state index contributed by atoms with van der Waals surface area (Å²) in [6.45, 7) is 4.24. The minimum atomic E-state index is -0.350. The van der Waals surface area contributed by atoms with Crippen LogP contribution in [0, 0.1) is 0 Å². The molecular formula is C21H23N5O3. The van der Waals surface area contributed by atoms with E-state index in [2.05, 4.69) is 34.7 Å². The summed E-state index contributed by atoms with van der Waals surface area (Å²) in [6.07, 6.45) is 1.30. The lowest BCUT2D eigenvalue weighted by Gasteiger charge is -2.13. The van der Waals surface area contributed by atoms with E-state index in [1.165, 1.54) is 11.9 Å². The molecule has 0 aliphatic rings. The summed E-state index contributed by atoms with van der Waals surface area (Å²) < 4.78 is 10.8. The SMILES string of the molecule is COc1ccc(C(=O)NNc2ncnc(Oc3ccc(C(C)C)cc3)c2N)cc1. The monoisotopic (exact) mass is 393 g/mol. The maximum absolute atomic E-state index is 12.3. The first-order valence-electron chi connectivity index (χ1n) is 9.06. The fraction of sp³-hybridized carbons (Fsp3) is 0.190. The topological polar surface area (TPSA) is 111 Å². The molecule has 0 saturated carbocycles. The van der Waals surface area contributed by atoms with E-state index in [1.807, 2.05) is 24.3 Å². The smallest absolute Gasteiger partial charge is 0.269 e. The third-order valence-corrected chi connectivity index (χ3v) is 4.26. The number of carbonyl (C=O) groups is 1. The van der Waals surface area contributed by atoms with Crippen molar-refractivity contribution in [1.29, 1.82) is 0 Å². The van der Waals surface area contributed by atoms with Crippen LogP contribution in [0.3, 0.4) is 0 Å². The lowest BCUT2D eigenvalue weighted by Crippen LogP contribution is -2.30. The van der Waals surface area contributed by atoms with Gasteiger partial charge in [-0.3, -0.25) is 15.6 Å². The van der Waals surface area contributed by atoms with Crippen molar-refractivity contribution in [3.8, 4) is 17.4 Å². The molecule has 0 aliphatic carbocycles. The van der Waals surface area contributed by atoms with Crippen molar-refractivity contribution in [3.63, 3.8) is 0 Å². The largest absolute Gasteiger partial charge is 0.497 e. The first kappa shape index (κ1) is 19.9. The molecule has 0 bridgehead atoms. The van der Waals surface area contributed by atoms with E-state index in [0.717, 1.165) is 0 Å². The number of aromatic nitrogens is 2. The molecule has 150 valence electrons. The number of hydrogen-bond acceptors (Lipinski definition) is 7. The number of nitrogens with zero attached hydrogens (tertiary/aromatic N) is 2. The molecule has 0 aliphatic heterocycles. The summed E-state index contributed by atoms with van der Waals surface area (Å²) in [4.78, 5) is 20.4. The summed E-state index contributed by atoms with van der Waals surface area (Å²) in [7, 11) is 1.56. The maximum atomic E-state index is 12.3. The molecule has 0 saturated heterocycles. The highest BCUT2D eigenvalue weighted by atomic mass is 16.5. The second kappa shape index (κ2) is 8.92. The van der Waals surface area contributed by atoms with Gasteiger partial charge >= 0.3 is 0 Å². The molecule has 0 unspecified atom stereocenters. The quantitative estimate of drug-likeness (QED) is 0.524. The number of methoxy groups -OCH3 is 1. The highest BCUT2D eigenvalue weighted by Crippen LogP contribution is 2.29. The molecule has 1 aromatic heterocycles. The van der Waals surface area contributed by atoms with Crippen LogP contribution in [0.4, 0.5) is 11.5 Å². The summed E-state index contributed by atoms with van der Waals surface area (Å²) in [5.74, 6) is 1.77. The number of amides is 1. The third kappa shape index (κ3) is 4.92. The molecule has 0 radical (unpaired) electrons. The van der Waals surface area contributed by atoms with Gasteiger partial charge in [0.1, 0.15) is 23.5 Å². The van der Waals surface area contributed by atoms with E-state index >= 15 is 0 Å². The Bertz CT molecular complexity index is 973. The van der Waals surface area contributed by atoms with Crippen molar-refractivity contribution < 1.29 is 14.3 Å². The van der Waals surface area contributed by atoms with Crippen molar-refractivity contribution in [1.82, 2.24) is 15.4 Å². The molecule has 0 fully saturated rings. The number of ether oxygens (including phenoxy) is 2. The van der Waals surface area contributed by atoms with Crippen LogP contribution in [0.25, 0.3) is 0 Å². The van der Waals surface area contributed by atoms with E-state index in [9.17, 15) is 4.79 Å². The Morgan fingerprint density at radius 1 is 1.00 bits per heavy atom. The molecule has 3 aromatic rings. The second-order valence-electron chi connectivity index (χ2n) is 6.57. The van der Waals surface area contributed by atoms with Crippen molar-refractivity contribution >= 4 is 17.4 Å². The first-order valence-corrected chi connectivity index (χ1v) is 9.06.